The van der Waals surface area contributed by atoms with E-state index in [0.717, 1.165) is 0 Å². The Morgan fingerprint density at radius 3 is 2.18 bits per heavy atom. The maximum Gasteiger partial charge on any atom is 0.335 e. The number of nitrogens with one attached hydrogen (secondary N) is 1. The van der Waals surface area contributed by atoms with Gasteiger partial charge in [-0.2, -0.15) is 0 Å². The SMILES string of the molecule is CCOc1ccc(NS(=O)(=O)c2ccc(C(=O)O)cc2)cc1. The molecule has 0 bridgehead atoms. The molecule has 116 valence electrons. The Morgan fingerprint density at radius 1 is 1.09 bits per heavy atom. The molecule has 2 N–H and O–H groups in total. The highest BCUT2D eigenvalue weighted by Gasteiger charge is 2.15. The molecule has 0 aliphatic heterocycles. The van der Waals surface area contributed by atoms with Gasteiger partial charge in [0.05, 0.1) is 17.1 Å². The van der Waals surface area contributed by atoms with Crippen LogP contribution in [0.3, 0.4) is 0 Å². The summed E-state index contributed by atoms with van der Waals surface area (Å²) >= 11 is 0. The summed E-state index contributed by atoms with van der Waals surface area (Å²) in [5.41, 5.74) is 0.422. The number of benzene rings is 2. The zero-order valence-corrected chi connectivity index (χ0v) is 12.6. The Hall–Kier alpha value is -2.54. The third kappa shape index (κ3) is 3.76. The molecule has 0 aliphatic rings. The van der Waals surface area contributed by atoms with Crippen LogP contribution in [-0.4, -0.2) is 26.1 Å². The van der Waals surface area contributed by atoms with Gasteiger partial charge in [0.2, 0.25) is 0 Å². The summed E-state index contributed by atoms with van der Waals surface area (Å²) in [7, 11) is -3.76. The number of hydrogen-bond donors (Lipinski definition) is 2. The first kappa shape index (κ1) is 15.8. The van der Waals surface area contributed by atoms with Crippen molar-refractivity contribution in [2.75, 3.05) is 11.3 Å². The van der Waals surface area contributed by atoms with Crippen LogP contribution in [0.1, 0.15) is 17.3 Å². The predicted octanol–water partition coefficient (Wildman–Crippen LogP) is 2.58. The van der Waals surface area contributed by atoms with E-state index in [2.05, 4.69) is 4.72 Å². The second kappa shape index (κ2) is 6.48. The molecule has 2 aromatic rings. The van der Waals surface area contributed by atoms with Gasteiger partial charge in [-0.3, -0.25) is 4.72 Å². The summed E-state index contributed by atoms with van der Waals surface area (Å²) in [4.78, 5) is 10.8. The lowest BCUT2D eigenvalue weighted by Gasteiger charge is -2.09. The number of ether oxygens (including phenoxy) is 1. The van der Waals surface area contributed by atoms with Gasteiger partial charge >= 0.3 is 5.97 Å². The Morgan fingerprint density at radius 2 is 1.68 bits per heavy atom. The Labute approximate surface area is 128 Å². The summed E-state index contributed by atoms with van der Waals surface area (Å²) in [6.45, 7) is 2.39. The molecule has 0 radical (unpaired) electrons. The van der Waals surface area contributed by atoms with E-state index < -0.39 is 16.0 Å². The van der Waals surface area contributed by atoms with E-state index in [1.807, 2.05) is 6.92 Å². The summed E-state index contributed by atoms with van der Waals surface area (Å²) in [6.07, 6.45) is 0. The van der Waals surface area contributed by atoms with E-state index in [4.69, 9.17) is 9.84 Å². The Bertz CT molecular complexity index is 752. The van der Waals surface area contributed by atoms with Crippen molar-refractivity contribution in [3.8, 4) is 5.75 Å². The number of carboxylic acid groups (broad SMARTS) is 1. The molecule has 0 amide bonds. The molecule has 0 fully saturated rings. The number of carboxylic acids is 1. The van der Waals surface area contributed by atoms with E-state index in [9.17, 15) is 13.2 Å². The van der Waals surface area contributed by atoms with Crippen LogP contribution in [0.25, 0.3) is 0 Å². The maximum atomic E-state index is 12.2. The molecule has 0 heterocycles. The highest BCUT2D eigenvalue weighted by Crippen LogP contribution is 2.19. The summed E-state index contributed by atoms with van der Waals surface area (Å²) in [5, 5.41) is 8.81. The fraction of sp³-hybridized carbons (Fsp3) is 0.133. The molecule has 0 atom stereocenters. The molecule has 2 rings (SSSR count). The van der Waals surface area contributed by atoms with Crippen molar-refractivity contribution in [3.63, 3.8) is 0 Å². The van der Waals surface area contributed by atoms with Crippen molar-refractivity contribution in [1.82, 2.24) is 0 Å². The largest absolute Gasteiger partial charge is 0.494 e. The number of rotatable bonds is 6. The number of sulfonamides is 1. The molecule has 2 aromatic carbocycles. The van der Waals surface area contributed by atoms with Crippen molar-refractivity contribution >= 4 is 21.7 Å². The quantitative estimate of drug-likeness (QED) is 0.853. The lowest BCUT2D eigenvalue weighted by molar-refractivity contribution is 0.0696. The van der Waals surface area contributed by atoms with Crippen molar-refractivity contribution in [2.45, 2.75) is 11.8 Å². The monoisotopic (exact) mass is 321 g/mol. The highest BCUT2D eigenvalue weighted by atomic mass is 32.2. The number of carbonyl (C=O) groups is 1. The van der Waals surface area contributed by atoms with Crippen LogP contribution in [0.2, 0.25) is 0 Å². The van der Waals surface area contributed by atoms with Gasteiger partial charge in [-0.05, 0) is 55.5 Å². The minimum atomic E-state index is -3.76. The molecule has 0 aromatic heterocycles. The predicted molar refractivity (Wildman–Crippen MR) is 81.8 cm³/mol. The minimum absolute atomic E-state index is 0.00798. The summed E-state index contributed by atoms with van der Waals surface area (Å²) < 4.78 is 32.1. The van der Waals surface area contributed by atoms with Crippen molar-refractivity contribution in [2.24, 2.45) is 0 Å². The van der Waals surface area contributed by atoms with Crippen LogP contribution < -0.4 is 9.46 Å². The van der Waals surface area contributed by atoms with Gasteiger partial charge in [-0.1, -0.05) is 0 Å². The van der Waals surface area contributed by atoms with Crippen LogP contribution >= 0.6 is 0 Å². The topological polar surface area (TPSA) is 92.7 Å². The summed E-state index contributed by atoms with van der Waals surface area (Å²) in [6, 6.07) is 11.5. The number of anilines is 1. The average molecular weight is 321 g/mol. The Balaban J connectivity index is 2.18. The third-order valence-electron chi connectivity index (χ3n) is 2.83. The molecule has 0 saturated heterocycles. The van der Waals surface area contributed by atoms with Crippen LogP contribution in [0.4, 0.5) is 5.69 Å². The van der Waals surface area contributed by atoms with Crippen LogP contribution in [0.15, 0.2) is 53.4 Å². The molecular formula is C15H15NO5S. The molecule has 22 heavy (non-hydrogen) atoms. The molecular weight excluding hydrogens is 306 g/mol. The fourth-order valence-electron chi connectivity index (χ4n) is 1.78. The van der Waals surface area contributed by atoms with Crippen LogP contribution in [-0.2, 0) is 10.0 Å². The Kier molecular flexibility index (Phi) is 4.67. The molecule has 0 saturated carbocycles. The van der Waals surface area contributed by atoms with E-state index >= 15 is 0 Å². The van der Waals surface area contributed by atoms with E-state index in [1.54, 1.807) is 24.3 Å². The minimum Gasteiger partial charge on any atom is -0.494 e. The van der Waals surface area contributed by atoms with Gasteiger partial charge in [-0.25, -0.2) is 13.2 Å². The molecule has 0 spiro atoms. The zero-order valence-electron chi connectivity index (χ0n) is 11.8. The second-order valence-electron chi connectivity index (χ2n) is 4.39. The van der Waals surface area contributed by atoms with Crippen LogP contribution in [0.5, 0.6) is 5.75 Å². The fourth-order valence-corrected chi connectivity index (χ4v) is 2.84. The highest BCUT2D eigenvalue weighted by molar-refractivity contribution is 7.92. The number of hydrogen-bond acceptors (Lipinski definition) is 4. The maximum absolute atomic E-state index is 12.2. The van der Waals surface area contributed by atoms with Crippen molar-refractivity contribution < 1.29 is 23.1 Å². The van der Waals surface area contributed by atoms with Crippen molar-refractivity contribution in [3.05, 3.63) is 54.1 Å². The normalized spacial score (nSPS) is 11.0. The van der Waals surface area contributed by atoms with Gasteiger partial charge in [-0.15, -0.1) is 0 Å². The molecule has 7 heteroatoms. The van der Waals surface area contributed by atoms with E-state index in [1.165, 1.54) is 24.3 Å². The van der Waals surface area contributed by atoms with E-state index in [-0.39, 0.29) is 10.5 Å². The van der Waals surface area contributed by atoms with Gasteiger partial charge in [0.15, 0.2) is 0 Å². The lowest BCUT2D eigenvalue weighted by atomic mass is 10.2. The smallest absolute Gasteiger partial charge is 0.335 e. The van der Waals surface area contributed by atoms with E-state index in [0.29, 0.717) is 18.0 Å². The molecule has 0 aliphatic carbocycles. The first-order chi connectivity index (χ1) is 10.4. The second-order valence-corrected chi connectivity index (χ2v) is 6.07. The van der Waals surface area contributed by atoms with Gasteiger partial charge in [0.25, 0.3) is 10.0 Å². The average Bonchev–Trinajstić information content (AvgIpc) is 2.49. The first-order valence-corrected chi connectivity index (χ1v) is 8.00. The number of aromatic carboxylic acids is 1. The van der Waals surface area contributed by atoms with Gasteiger partial charge < -0.3 is 9.84 Å². The lowest BCUT2D eigenvalue weighted by Crippen LogP contribution is -2.13. The zero-order chi connectivity index (χ0) is 16.2. The van der Waals surface area contributed by atoms with Gasteiger partial charge in [0.1, 0.15) is 5.75 Å². The van der Waals surface area contributed by atoms with Crippen molar-refractivity contribution in [1.29, 1.82) is 0 Å². The molecule has 6 nitrogen and oxygen atoms in total. The molecule has 0 unspecified atom stereocenters. The standard InChI is InChI=1S/C15H15NO5S/c1-2-21-13-7-5-12(6-8-13)16-22(19,20)14-9-3-11(4-10-14)15(17)18/h3-10,16H,2H2,1H3,(H,17,18). The summed E-state index contributed by atoms with van der Waals surface area (Å²) in [5.74, 6) is -0.459. The first-order valence-electron chi connectivity index (χ1n) is 6.51. The third-order valence-corrected chi connectivity index (χ3v) is 4.23. The van der Waals surface area contributed by atoms with Gasteiger partial charge in [0, 0.05) is 5.69 Å². The van der Waals surface area contributed by atoms with Crippen LogP contribution in [0, 0.1) is 0 Å².